The quantitative estimate of drug-likeness (QED) is 0.633. The Morgan fingerprint density at radius 3 is 3.00 bits per heavy atom. The summed E-state index contributed by atoms with van der Waals surface area (Å²) in [5, 5.41) is 12.3. The molecule has 2 N–H and O–H groups in total. The number of likely N-dealkylation sites (tertiary alicyclic amines) is 1. The number of aliphatic hydroxyl groups is 1. The fourth-order valence-corrected chi connectivity index (χ4v) is 2.42. The topological polar surface area (TPSA) is 52.6 Å². The zero-order valence-electron chi connectivity index (χ0n) is 8.41. The molecule has 2 fully saturated rings. The molecular weight excluding hydrogens is 180 g/mol. The number of hydrogen-bond donors (Lipinski definition) is 2. The van der Waals surface area contributed by atoms with Gasteiger partial charge in [-0.2, -0.15) is 0 Å². The first-order valence-corrected chi connectivity index (χ1v) is 5.45. The minimum absolute atomic E-state index is 0.0862. The number of carbonyl (C=O) groups excluding carboxylic acids is 1. The van der Waals surface area contributed by atoms with Crippen molar-refractivity contribution >= 4 is 5.91 Å². The van der Waals surface area contributed by atoms with Crippen LogP contribution < -0.4 is 5.32 Å². The van der Waals surface area contributed by atoms with Crippen LogP contribution in [0.5, 0.6) is 0 Å². The molecule has 2 heterocycles. The summed E-state index contributed by atoms with van der Waals surface area (Å²) in [5.41, 5.74) is 0. The summed E-state index contributed by atoms with van der Waals surface area (Å²) in [6, 6.07) is 0.0862. The van der Waals surface area contributed by atoms with Gasteiger partial charge in [0, 0.05) is 13.1 Å². The minimum Gasteiger partial charge on any atom is -0.394 e. The van der Waals surface area contributed by atoms with Crippen molar-refractivity contribution in [1.29, 1.82) is 0 Å². The largest absolute Gasteiger partial charge is 0.394 e. The van der Waals surface area contributed by atoms with Gasteiger partial charge < -0.3 is 15.3 Å². The van der Waals surface area contributed by atoms with Crippen LogP contribution in [0.15, 0.2) is 0 Å². The van der Waals surface area contributed by atoms with E-state index in [2.05, 4.69) is 5.32 Å². The van der Waals surface area contributed by atoms with Crippen molar-refractivity contribution in [3.8, 4) is 0 Å². The number of nitrogens with one attached hydrogen (secondary N) is 1. The summed E-state index contributed by atoms with van der Waals surface area (Å²) in [5.74, 6) is 0.397. The lowest BCUT2D eigenvalue weighted by atomic mass is 10.1. The van der Waals surface area contributed by atoms with E-state index in [1.165, 1.54) is 0 Å². The lowest BCUT2D eigenvalue weighted by Gasteiger charge is -2.25. The van der Waals surface area contributed by atoms with Crippen molar-refractivity contribution in [3.05, 3.63) is 0 Å². The number of hydrogen-bond acceptors (Lipinski definition) is 3. The van der Waals surface area contributed by atoms with Crippen molar-refractivity contribution < 1.29 is 9.90 Å². The number of nitrogens with zero attached hydrogens (tertiary/aromatic N) is 1. The van der Waals surface area contributed by atoms with Crippen LogP contribution in [-0.2, 0) is 4.79 Å². The van der Waals surface area contributed by atoms with Gasteiger partial charge in [0.25, 0.3) is 0 Å². The van der Waals surface area contributed by atoms with Crippen LogP contribution in [0.2, 0.25) is 0 Å². The monoisotopic (exact) mass is 198 g/mol. The highest BCUT2D eigenvalue weighted by Gasteiger charge is 2.33. The molecular formula is C10H18N2O2. The summed E-state index contributed by atoms with van der Waals surface area (Å²) in [4.78, 5) is 13.9. The number of rotatable bonds is 2. The molecule has 0 aliphatic carbocycles. The Bertz CT molecular complexity index is 214. The molecule has 0 bridgehead atoms. The van der Waals surface area contributed by atoms with Gasteiger partial charge in [0.15, 0.2) is 0 Å². The number of carbonyl (C=O) groups is 1. The molecule has 0 radical (unpaired) electrons. The fraction of sp³-hybridized carbons (Fsp3) is 0.900. The summed E-state index contributed by atoms with van der Waals surface area (Å²) < 4.78 is 0. The van der Waals surface area contributed by atoms with Gasteiger partial charge >= 0.3 is 0 Å². The smallest absolute Gasteiger partial charge is 0.227 e. The minimum atomic E-state index is 0.0862. The third kappa shape index (κ3) is 1.77. The molecule has 0 aromatic carbocycles. The average Bonchev–Trinajstić information content (AvgIpc) is 2.87. The van der Waals surface area contributed by atoms with Crippen molar-refractivity contribution in [1.82, 2.24) is 10.2 Å². The van der Waals surface area contributed by atoms with E-state index in [1.807, 2.05) is 4.90 Å². The van der Waals surface area contributed by atoms with Crippen molar-refractivity contribution in [2.45, 2.75) is 25.3 Å². The summed E-state index contributed by atoms with van der Waals surface area (Å²) in [6.07, 6.45) is 2.95. The van der Waals surface area contributed by atoms with Gasteiger partial charge in [-0.1, -0.05) is 0 Å². The number of amides is 1. The van der Waals surface area contributed by atoms with Crippen molar-refractivity contribution in [2.75, 3.05) is 26.2 Å². The van der Waals surface area contributed by atoms with Crippen LogP contribution in [0.25, 0.3) is 0 Å². The Morgan fingerprint density at radius 2 is 2.36 bits per heavy atom. The predicted molar refractivity (Wildman–Crippen MR) is 52.8 cm³/mol. The first-order valence-electron chi connectivity index (χ1n) is 5.45. The van der Waals surface area contributed by atoms with Gasteiger partial charge in [-0.15, -0.1) is 0 Å². The molecule has 0 aromatic heterocycles. The van der Waals surface area contributed by atoms with E-state index in [1.54, 1.807) is 0 Å². The molecule has 0 aromatic rings. The Balaban J connectivity index is 1.95. The van der Waals surface area contributed by atoms with Gasteiger partial charge in [0.05, 0.1) is 18.6 Å². The molecule has 4 heteroatoms. The van der Waals surface area contributed by atoms with Crippen molar-refractivity contribution in [3.63, 3.8) is 0 Å². The maximum absolute atomic E-state index is 12.0. The molecule has 0 saturated carbocycles. The van der Waals surface area contributed by atoms with E-state index in [9.17, 15) is 4.79 Å². The maximum Gasteiger partial charge on any atom is 0.227 e. The SMILES string of the molecule is O=C(C1CCNC1)N1CCC[C@@H]1CO. The third-order valence-corrected chi connectivity index (χ3v) is 3.28. The van der Waals surface area contributed by atoms with Crippen LogP contribution in [0.4, 0.5) is 0 Å². The van der Waals surface area contributed by atoms with E-state index in [-0.39, 0.29) is 24.5 Å². The zero-order valence-corrected chi connectivity index (χ0v) is 8.41. The molecule has 1 amide bonds. The summed E-state index contributed by atoms with van der Waals surface area (Å²) in [6.45, 7) is 2.72. The molecule has 0 spiro atoms. The molecule has 14 heavy (non-hydrogen) atoms. The highest BCUT2D eigenvalue weighted by Crippen LogP contribution is 2.21. The van der Waals surface area contributed by atoms with Gasteiger partial charge in [-0.3, -0.25) is 4.79 Å². The van der Waals surface area contributed by atoms with E-state index in [0.29, 0.717) is 0 Å². The molecule has 2 atom stereocenters. The first-order chi connectivity index (χ1) is 6.83. The Kier molecular flexibility index (Phi) is 3.03. The van der Waals surface area contributed by atoms with Gasteiger partial charge in [0.2, 0.25) is 5.91 Å². The van der Waals surface area contributed by atoms with E-state index < -0.39 is 0 Å². The summed E-state index contributed by atoms with van der Waals surface area (Å²) in [7, 11) is 0. The third-order valence-electron chi connectivity index (χ3n) is 3.28. The summed E-state index contributed by atoms with van der Waals surface area (Å²) >= 11 is 0. The molecule has 2 aliphatic heterocycles. The van der Waals surface area contributed by atoms with E-state index in [0.717, 1.165) is 38.9 Å². The molecule has 4 nitrogen and oxygen atoms in total. The van der Waals surface area contributed by atoms with Crippen LogP contribution in [0.1, 0.15) is 19.3 Å². The standard InChI is InChI=1S/C10H18N2O2/c13-7-9-2-1-5-12(9)10(14)8-3-4-11-6-8/h8-9,11,13H,1-7H2/t8?,9-/m1/s1. The molecule has 2 aliphatic rings. The lowest BCUT2D eigenvalue weighted by Crippen LogP contribution is -2.41. The molecule has 80 valence electrons. The zero-order chi connectivity index (χ0) is 9.97. The second-order valence-corrected chi connectivity index (χ2v) is 4.20. The van der Waals surface area contributed by atoms with Gasteiger partial charge in [0.1, 0.15) is 0 Å². The van der Waals surface area contributed by atoms with Crippen LogP contribution in [0.3, 0.4) is 0 Å². The van der Waals surface area contributed by atoms with Crippen LogP contribution in [-0.4, -0.2) is 48.2 Å². The first kappa shape index (κ1) is 9.93. The van der Waals surface area contributed by atoms with Gasteiger partial charge in [-0.25, -0.2) is 0 Å². The van der Waals surface area contributed by atoms with Crippen LogP contribution in [0, 0.1) is 5.92 Å². The Hall–Kier alpha value is -0.610. The Morgan fingerprint density at radius 1 is 1.50 bits per heavy atom. The van der Waals surface area contributed by atoms with E-state index in [4.69, 9.17) is 5.11 Å². The predicted octanol–water partition coefficient (Wildman–Crippen LogP) is -0.421. The van der Waals surface area contributed by atoms with E-state index >= 15 is 0 Å². The highest BCUT2D eigenvalue weighted by molar-refractivity contribution is 5.80. The van der Waals surface area contributed by atoms with Gasteiger partial charge in [-0.05, 0) is 25.8 Å². The lowest BCUT2D eigenvalue weighted by molar-refractivity contribution is -0.136. The van der Waals surface area contributed by atoms with Crippen molar-refractivity contribution in [2.24, 2.45) is 5.92 Å². The second kappa shape index (κ2) is 4.28. The average molecular weight is 198 g/mol. The van der Waals surface area contributed by atoms with Crippen LogP contribution >= 0.6 is 0 Å². The fourth-order valence-electron chi connectivity index (χ4n) is 2.42. The number of aliphatic hydroxyl groups excluding tert-OH is 1. The molecule has 2 saturated heterocycles. The molecule has 2 rings (SSSR count). The normalized spacial score (nSPS) is 32.5. The Labute approximate surface area is 84.3 Å². The highest BCUT2D eigenvalue weighted by atomic mass is 16.3. The second-order valence-electron chi connectivity index (χ2n) is 4.20. The molecule has 1 unspecified atom stereocenters. The maximum atomic E-state index is 12.0.